The van der Waals surface area contributed by atoms with Crippen molar-refractivity contribution in [2.45, 2.75) is 13.3 Å². The second-order valence-electron chi connectivity index (χ2n) is 6.81. The summed E-state index contributed by atoms with van der Waals surface area (Å²) in [5, 5.41) is 13.8. The van der Waals surface area contributed by atoms with E-state index in [1.807, 2.05) is 24.3 Å². The third-order valence-electron chi connectivity index (χ3n) is 4.72. The number of amides is 1. The average Bonchev–Trinajstić information content (AvgIpc) is 3.21. The number of hydrogen-bond donors (Lipinski definition) is 1. The van der Waals surface area contributed by atoms with Gasteiger partial charge in [-0.15, -0.1) is 0 Å². The Balaban J connectivity index is 1.51. The van der Waals surface area contributed by atoms with Crippen molar-refractivity contribution in [2.24, 2.45) is 0 Å². The fourth-order valence-corrected chi connectivity index (χ4v) is 3.08. The fourth-order valence-electron chi connectivity index (χ4n) is 3.08. The van der Waals surface area contributed by atoms with Crippen LogP contribution in [0.25, 0.3) is 22.6 Å². The molecule has 0 saturated heterocycles. The Morgan fingerprint density at radius 2 is 1.90 bits per heavy atom. The molecule has 0 unspecified atom stereocenters. The van der Waals surface area contributed by atoms with Gasteiger partial charge in [0.25, 0.3) is 11.6 Å². The van der Waals surface area contributed by atoms with Crippen LogP contribution in [0.4, 0.5) is 11.4 Å². The van der Waals surface area contributed by atoms with E-state index < -0.39 is 4.92 Å². The van der Waals surface area contributed by atoms with E-state index in [2.05, 4.69) is 17.2 Å². The molecule has 31 heavy (non-hydrogen) atoms. The van der Waals surface area contributed by atoms with Gasteiger partial charge in [0.05, 0.1) is 16.2 Å². The lowest BCUT2D eigenvalue weighted by molar-refractivity contribution is -0.384. The molecule has 0 aliphatic carbocycles. The molecule has 4 aromatic rings. The predicted octanol–water partition coefficient (Wildman–Crippen LogP) is 4.98. The molecule has 1 amide bonds. The zero-order valence-corrected chi connectivity index (χ0v) is 16.7. The number of rotatable bonds is 7. The number of carbonyl (C=O) groups excluding carboxylic acids is 1. The molecule has 1 aromatic heterocycles. The number of ether oxygens (including phenoxy) is 1. The lowest BCUT2D eigenvalue weighted by Crippen LogP contribution is -2.20. The van der Waals surface area contributed by atoms with Gasteiger partial charge in [0.15, 0.2) is 12.2 Å². The van der Waals surface area contributed by atoms with Crippen molar-refractivity contribution < 1.29 is 18.9 Å². The highest BCUT2D eigenvalue weighted by Crippen LogP contribution is 2.31. The van der Waals surface area contributed by atoms with Crippen molar-refractivity contribution in [1.29, 1.82) is 0 Å². The number of anilines is 1. The Morgan fingerprint density at radius 3 is 2.65 bits per heavy atom. The van der Waals surface area contributed by atoms with Crippen molar-refractivity contribution in [2.75, 3.05) is 11.9 Å². The summed E-state index contributed by atoms with van der Waals surface area (Å²) in [4.78, 5) is 27.3. The third-order valence-corrected chi connectivity index (χ3v) is 4.72. The van der Waals surface area contributed by atoms with Crippen LogP contribution in [0.1, 0.15) is 12.5 Å². The molecule has 0 radical (unpaired) electrons. The number of carbonyl (C=O) groups is 1. The first-order valence-corrected chi connectivity index (χ1v) is 9.69. The summed E-state index contributed by atoms with van der Waals surface area (Å²) in [5.74, 6) is 0.530. The Hall–Kier alpha value is -4.20. The lowest BCUT2D eigenvalue weighted by Gasteiger charge is -2.10. The fraction of sp³-hybridized carbons (Fsp3) is 0.130. The van der Waals surface area contributed by atoms with Gasteiger partial charge in [-0.2, -0.15) is 0 Å². The van der Waals surface area contributed by atoms with E-state index in [1.165, 1.54) is 23.8 Å². The second-order valence-corrected chi connectivity index (χ2v) is 6.81. The van der Waals surface area contributed by atoms with Gasteiger partial charge in [-0.3, -0.25) is 14.9 Å². The number of aromatic nitrogens is 1. The molecule has 1 N–H and O–H groups in total. The van der Waals surface area contributed by atoms with Gasteiger partial charge in [0.1, 0.15) is 11.3 Å². The molecule has 3 aromatic carbocycles. The number of nitrogens with zero attached hydrogens (tertiary/aromatic N) is 2. The number of nitro benzene ring substituents is 1. The molecule has 156 valence electrons. The minimum Gasteiger partial charge on any atom is -0.484 e. The van der Waals surface area contributed by atoms with Crippen LogP contribution < -0.4 is 10.1 Å². The number of benzene rings is 3. The zero-order chi connectivity index (χ0) is 21.8. The third kappa shape index (κ3) is 4.53. The van der Waals surface area contributed by atoms with Gasteiger partial charge in [0.2, 0.25) is 5.89 Å². The first kappa shape index (κ1) is 20.1. The smallest absolute Gasteiger partial charge is 0.271 e. The predicted molar refractivity (Wildman–Crippen MR) is 116 cm³/mol. The topological polar surface area (TPSA) is 108 Å². The first-order chi connectivity index (χ1) is 15.0. The van der Waals surface area contributed by atoms with Crippen molar-refractivity contribution >= 4 is 28.4 Å². The Bertz CT molecular complexity index is 1250. The number of nitrogens with one attached hydrogen (secondary N) is 1. The summed E-state index contributed by atoms with van der Waals surface area (Å²) in [6.07, 6.45) is 0.931. The summed E-state index contributed by atoms with van der Waals surface area (Å²) < 4.78 is 11.3. The highest BCUT2D eigenvalue weighted by molar-refractivity contribution is 5.96. The van der Waals surface area contributed by atoms with Crippen LogP contribution in [0.3, 0.4) is 0 Å². The zero-order valence-electron chi connectivity index (χ0n) is 16.7. The van der Waals surface area contributed by atoms with Crippen molar-refractivity contribution in [3.05, 3.63) is 82.4 Å². The van der Waals surface area contributed by atoms with Crippen LogP contribution in [0.15, 0.2) is 71.1 Å². The highest BCUT2D eigenvalue weighted by atomic mass is 16.6. The number of fused-ring (bicyclic) bond motifs is 1. The lowest BCUT2D eigenvalue weighted by atomic mass is 10.1. The summed E-state index contributed by atoms with van der Waals surface area (Å²) in [7, 11) is 0. The van der Waals surface area contributed by atoms with Crippen LogP contribution in [0.5, 0.6) is 5.75 Å². The summed E-state index contributed by atoms with van der Waals surface area (Å²) in [5.41, 5.74) is 2.96. The molecule has 4 rings (SSSR count). The number of oxazole rings is 1. The molecule has 1 heterocycles. The van der Waals surface area contributed by atoms with E-state index >= 15 is 0 Å². The van der Waals surface area contributed by atoms with Crippen LogP contribution in [0, 0.1) is 10.1 Å². The summed E-state index contributed by atoms with van der Waals surface area (Å²) in [6.45, 7) is 1.92. The molecule has 8 nitrogen and oxygen atoms in total. The van der Waals surface area contributed by atoms with Gasteiger partial charge in [-0.25, -0.2) is 4.98 Å². The SMILES string of the molecule is CCc1ccc(OCC(=O)Nc2ccccc2-c2nc3cc([N+](=O)[O-])ccc3o2)cc1. The Labute approximate surface area is 177 Å². The van der Waals surface area contributed by atoms with Crippen LogP contribution in [0.2, 0.25) is 0 Å². The minimum atomic E-state index is -0.488. The van der Waals surface area contributed by atoms with Gasteiger partial charge < -0.3 is 14.5 Å². The molecule has 8 heteroatoms. The normalized spacial score (nSPS) is 10.7. The van der Waals surface area contributed by atoms with Gasteiger partial charge in [-0.1, -0.05) is 31.2 Å². The summed E-state index contributed by atoms with van der Waals surface area (Å²) in [6, 6.07) is 18.8. The maximum Gasteiger partial charge on any atom is 0.271 e. The molecule has 0 spiro atoms. The maximum atomic E-state index is 12.4. The minimum absolute atomic E-state index is 0.0712. The highest BCUT2D eigenvalue weighted by Gasteiger charge is 2.16. The number of hydrogen-bond acceptors (Lipinski definition) is 6. The molecule has 0 fully saturated rings. The number of aryl methyl sites for hydroxylation is 1. The van der Waals surface area contributed by atoms with Crippen LogP contribution >= 0.6 is 0 Å². The second kappa shape index (κ2) is 8.66. The van der Waals surface area contributed by atoms with E-state index in [1.54, 1.807) is 24.3 Å². The van der Waals surface area contributed by atoms with Gasteiger partial charge >= 0.3 is 0 Å². The molecular formula is C23H19N3O5. The molecule has 0 atom stereocenters. The monoisotopic (exact) mass is 417 g/mol. The van der Waals surface area contributed by atoms with Gasteiger partial charge in [-0.05, 0) is 42.3 Å². The van der Waals surface area contributed by atoms with Crippen molar-refractivity contribution in [3.63, 3.8) is 0 Å². The summed E-state index contributed by atoms with van der Waals surface area (Å²) >= 11 is 0. The van der Waals surface area contributed by atoms with E-state index in [4.69, 9.17) is 9.15 Å². The van der Waals surface area contributed by atoms with E-state index in [9.17, 15) is 14.9 Å². The maximum absolute atomic E-state index is 12.4. The van der Waals surface area contributed by atoms with E-state index in [0.717, 1.165) is 6.42 Å². The quantitative estimate of drug-likeness (QED) is 0.335. The number of nitro groups is 1. The van der Waals surface area contributed by atoms with E-state index in [-0.39, 0.29) is 24.1 Å². The van der Waals surface area contributed by atoms with Gasteiger partial charge in [0, 0.05) is 12.1 Å². The van der Waals surface area contributed by atoms with Crippen LogP contribution in [-0.2, 0) is 11.2 Å². The number of non-ortho nitro benzene ring substituents is 1. The molecule has 0 aliphatic heterocycles. The first-order valence-electron chi connectivity index (χ1n) is 9.69. The molecule has 0 saturated carbocycles. The molecule has 0 bridgehead atoms. The molecular weight excluding hydrogens is 398 g/mol. The van der Waals surface area contributed by atoms with Crippen molar-refractivity contribution in [3.8, 4) is 17.2 Å². The Morgan fingerprint density at radius 1 is 1.13 bits per heavy atom. The number of para-hydroxylation sites is 1. The Kier molecular flexibility index (Phi) is 5.61. The van der Waals surface area contributed by atoms with Crippen molar-refractivity contribution in [1.82, 2.24) is 4.98 Å². The molecule has 0 aliphatic rings. The standard InChI is InChI=1S/C23H19N3O5/c1-2-15-7-10-17(11-8-15)30-14-22(27)24-19-6-4-3-5-18(19)23-25-20-13-16(26(28)29)9-12-21(20)31-23/h3-13H,2,14H2,1H3,(H,24,27). The largest absolute Gasteiger partial charge is 0.484 e. The average molecular weight is 417 g/mol. The van der Waals surface area contributed by atoms with E-state index in [0.29, 0.717) is 28.1 Å². The van der Waals surface area contributed by atoms with Crippen LogP contribution in [-0.4, -0.2) is 22.4 Å².